The van der Waals surface area contributed by atoms with E-state index < -0.39 is 0 Å². The predicted molar refractivity (Wildman–Crippen MR) is 103 cm³/mol. The number of hydrogen-bond donors (Lipinski definition) is 0. The zero-order chi connectivity index (χ0) is 17.5. The third-order valence-corrected chi connectivity index (χ3v) is 6.02. The van der Waals surface area contributed by atoms with Crippen molar-refractivity contribution in [3.8, 4) is 0 Å². The van der Waals surface area contributed by atoms with Gasteiger partial charge in [0.1, 0.15) is 5.82 Å². The van der Waals surface area contributed by atoms with Crippen LogP contribution < -0.4 is 0 Å². The summed E-state index contributed by atoms with van der Waals surface area (Å²) in [6.07, 6.45) is 17.4. The minimum absolute atomic E-state index is 0.466. The summed E-state index contributed by atoms with van der Waals surface area (Å²) in [4.78, 5) is 9.46. The Bertz CT molecular complexity index is 529. The van der Waals surface area contributed by atoms with E-state index in [0.29, 0.717) is 23.9 Å². The number of allylic oxidation sites excluding steroid dienone is 1. The van der Waals surface area contributed by atoms with Crippen LogP contribution >= 0.6 is 11.6 Å². The smallest absolute Gasteiger partial charge is 0.131 e. The average Bonchev–Trinajstić information content (AvgIpc) is 2.68. The molecule has 2 fully saturated rings. The van der Waals surface area contributed by atoms with Crippen molar-refractivity contribution in [2.45, 2.75) is 82.7 Å². The van der Waals surface area contributed by atoms with Crippen LogP contribution in [0, 0.1) is 5.92 Å². The van der Waals surface area contributed by atoms with Gasteiger partial charge in [-0.05, 0) is 75.2 Å². The molecule has 4 heteroatoms. The van der Waals surface area contributed by atoms with Crippen molar-refractivity contribution in [1.29, 1.82) is 0 Å². The van der Waals surface area contributed by atoms with Gasteiger partial charge in [-0.3, -0.25) is 0 Å². The lowest BCUT2D eigenvalue weighted by Crippen LogP contribution is -2.21. The summed E-state index contributed by atoms with van der Waals surface area (Å²) >= 11 is 5.70. The number of ether oxygens (including phenoxy) is 1. The molecule has 138 valence electrons. The maximum atomic E-state index is 5.90. The highest BCUT2D eigenvalue weighted by atomic mass is 35.5. The molecule has 0 N–H and O–H groups in total. The SMILES string of the molecule is CCCOC1CCC(c2cnc(C3CCC(C=CCl)CC3)nc2)CC1. The molecule has 0 saturated heterocycles. The van der Waals surface area contributed by atoms with E-state index in [9.17, 15) is 0 Å². The Morgan fingerprint density at radius 3 is 2.24 bits per heavy atom. The minimum atomic E-state index is 0.466. The van der Waals surface area contributed by atoms with Gasteiger partial charge in [-0.25, -0.2) is 9.97 Å². The summed E-state index contributed by atoms with van der Waals surface area (Å²) in [6, 6.07) is 0. The van der Waals surface area contributed by atoms with Gasteiger partial charge in [-0.1, -0.05) is 24.6 Å². The highest BCUT2D eigenvalue weighted by Crippen LogP contribution is 2.36. The van der Waals surface area contributed by atoms with Gasteiger partial charge in [0.05, 0.1) is 6.10 Å². The topological polar surface area (TPSA) is 35.0 Å². The lowest BCUT2D eigenvalue weighted by atomic mass is 9.81. The first kappa shape index (κ1) is 18.8. The standard InChI is InChI=1S/C21H31ClN2O/c1-2-13-25-20-9-7-17(8-10-20)19-14-23-21(24-15-19)18-5-3-16(4-6-18)11-12-22/h11-12,14-18,20H,2-10,13H2,1H3. The molecular weight excluding hydrogens is 332 g/mol. The minimum Gasteiger partial charge on any atom is -0.378 e. The molecule has 1 aromatic heterocycles. The van der Waals surface area contributed by atoms with Gasteiger partial charge in [-0.15, -0.1) is 0 Å². The summed E-state index contributed by atoms with van der Waals surface area (Å²) in [7, 11) is 0. The van der Waals surface area contributed by atoms with Gasteiger partial charge in [0, 0.05) is 30.5 Å². The second kappa shape index (κ2) is 9.68. The van der Waals surface area contributed by atoms with Gasteiger partial charge < -0.3 is 4.74 Å². The third kappa shape index (κ3) is 5.27. The second-order valence-corrected chi connectivity index (χ2v) is 7.90. The lowest BCUT2D eigenvalue weighted by molar-refractivity contribution is 0.0251. The van der Waals surface area contributed by atoms with Crippen LogP contribution in [-0.4, -0.2) is 22.7 Å². The Hall–Kier alpha value is -0.930. The van der Waals surface area contributed by atoms with Crippen molar-refractivity contribution in [2.75, 3.05) is 6.61 Å². The molecule has 0 bridgehead atoms. The van der Waals surface area contributed by atoms with Gasteiger partial charge in [0.25, 0.3) is 0 Å². The molecule has 25 heavy (non-hydrogen) atoms. The Labute approximate surface area is 157 Å². The highest BCUT2D eigenvalue weighted by molar-refractivity contribution is 6.25. The zero-order valence-corrected chi connectivity index (χ0v) is 16.1. The van der Waals surface area contributed by atoms with E-state index in [0.717, 1.165) is 18.9 Å². The van der Waals surface area contributed by atoms with Crippen molar-refractivity contribution >= 4 is 11.6 Å². The van der Waals surface area contributed by atoms with Gasteiger partial charge in [0.2, 0.25) is 0 Å². The van der Waals surface area contributed by atoms with Gasteiger partial charge in [-0.2, -0.15) is 0 Å². The van der Waals surface area contributed by atoms with E-state index in [4.69, 9.17) is 26.3 Å². The normalized spacial score (nSPS) is 30.6. The second-order valence-electron chi connectivity index (χ2n) is 7.65. The summed E-state index contributed by atoms with van der Waals surface area (Å²) in [5.41, 5.74) is 2.98. The highest BCUT2D eigenvalue weighted by Gasteiger charge is 2.25. The summed E-state index contributed by atoms with van der Waals surface area (Å²) in [5.74, 6) is 2.81. The van der Waals surface area contributed by atoms with E-state index in [1.165, 1.54) is 56.9 Å². The van der Waals surface area contributed by atoms with Crippen molar-refractivity contribution in [2.24, 2.45) is 5.92 Å². The molecule has 0 aliphatic heterocycles. The average molecular weight is 363 g/mol. The van der Waals surface area contributed by atoms with Crippen LogP contribution in [0.25, 0.3) is 0 Å². The molecule has 0 atom stereocenters. The van der Waals surface area contributed by atoms with Crippen molar-refractivity contribution in [1.82, 2.24) is 9.97 Å². The summed E-state index contributed by atoms with van der Waals surface area (Å²) < 4.78 is 5.90. The zero-order valence-electron chi connectivity index (χ0n) is 15.4. The fourth-order valence-electron chi connectivity index (χ4n) is 4.29. The molecule has 2 aliphatic carbocycles. The van der Waals surface area contributed by atoms with E-state index in [1.54, 1.807) is 5.54 Å². The molecular formula is C21H31ClN2O. The first-order chi connectivity index (χ1) is 12.3. The number of nitrogens with zero attached hydrogens (tertiary/aromatic N) is 2. The van der Waals surface area contributed by atoms with E-state index >= 15 is 0 Å². The number of rotatable bonds is 6. The van der Waals surface area contributed by atoms with Crippen LogP contribution in [0.1, 0.15) is 87.9 Å². The van der Waals surface area contributed by atoms with Gasteiger partial charge >= 0.3 is 0 Å². The molecule has 0 amide bonds. The van der Waals surface area contributed by atoms with E-state index in [-0.39, 0.29) is 0 Å². The molecule has 0 unspecified atom stereocenters. The number of hydrogen-bond acceptors (Lipinski definition) is 3. The predicted octanol–water partition coefficient (Wildman–Crippen LogP) is 5.96. The van der Waals surface area contributed by atoms with Crippen LogP contribution in [0.2, 0.25) is 0 Å². The molecule has 2 aliphatic rings. The van der Waals surface area contributed by atoms with Crippen LogP contribution in [0.4, 0.5) is 0 Å². The molecule has 0 aromatic carbocycles. The fourth-order valence-corrected chi connectivity index (χ4v) is 4.50. The van der Waals surface area contributed by atoms with Crippen molar-refractivity contribution < 1.29 is 4.74 Å². The first-order valence-electron chi connectivity index (χ1n) is 10.0. The maximum Gasteiger partial charge on any atom is 0.131 e. The lowest BCUT2D eigenvalue weighted by Gasteiger charge is -2.29. The Balaban J connectivity index is 1.50. The van der Waals surface area contributed by atoms with Crippen molar-refractivity contribution in [3.05, 3.63) is 35.4 Å². The largest absolute Gasteiger partial charge is 0.378 e. The van der Waals surface area contributed by atoms with Crippen LogP contribution in [0.5, 0.6) is 0 Å². The Morgan fingerprint density at radius 2 is 1.64 bits per heavy atom. The quantitative estimate of drug-likeness (QED) is 0.626. The molecule has 1 heterocycles. The Morgan fingerprint density at radius 1 is 1.00 bits per heavy atom. The van der Waals surface area contributed by atoms with E-state index in [2.05, 4.69) is 25.4 Å². The van der Waals surface area contributed by atoms with Crippen LogP contribution in [0.15, 0.2) is 24.0 Å². The summed E-state index contributed by atoms with van der Waals surface area (Å²) in [5, 5.41) is 0. The molecule has 0 spiro atoms. The monoisotopic (exact) mass is 362 g/mol. The third-order valence-electron chi connectivity index (χ3n) is 5.88. The Kier molecular flexibility index (Phi) is 7.30. The molecule has 3 rings (SSSR count). The van der Waals surface area contributed by atoms with E-state index in [1.807, 2.05) is 0 Å². The maximum absolute atomic E-state index is 5.90. The summed E-state index contributed by atoms with van der Waals surface area (Å²) in [6.45, 7) is 3.07. The number of halogens is 1. The van der Waals surface area contributed by atoms with Crippen molar-refractivity contribution in [3.63, 3.8) is 0 Å². The molecule has 2 saturated carbocycles. The van der Waals surface area contributed by atoms with Gasteiger partial charge in [0.15, 0.2) is 0 Å². The number of aromatic nitrogens is 2. The first-order valence-corrected chi connectivity index (χ1v) is 10.4. The molecule has 1 aromatic rings. The molecule has 0 radical (unpaired) electrons. The van der Waals surface area contributed by atoms with Crippen LogP contribution in [-0.2, 0) is 4.74 Å². The molecule has 3 nitrogen and oxygen atoms in total. The van der Waals surface area contributed by atoms with Crippen LogP contribution in [0.3, 0.4) is 0 Å². The fraction of sp³-hybridized carbons (Fsp3) is 0.714.